The van der Waals surface area contributed by atoms with E-state index in [-0.39, 0.29) is 17.2 Å². The first-order valence-corrected chi connectivity index (χ1v) is 12.6. The maximum atomic E-state index is 13.5. The standard InChI is InChI=1S/C25H24N4OS2/c1-2-28-23(16-18-10-4-3-5-11-18)26-27-25(28)31-17-24(30)29-19-12-6-8-14-21(19)32-22-15-9-7-13-20(22)29/h3-15,19,21H,2,16-17H2,1H3/t19-,21+/m0/s1. The first-order valence-electron chi connectivity index (χ1n) is 10.8. The monoisotopic (exact) mass is 460 g/mol. The highest BCUT2D eigenvalue weighted by Gasteiger charge is 2.36. The average molecular weight is 461 g/mol. The zero-order valence-corrected chi connectivity index (χ0v) is 19.4. The Morgan fingerprint density at radius 2 is 1.81 bits per heavy atom. The average Bonchev–Trinajstić information content (AvgIpc) is 3.22. The molecule has 1 aliphatic carbocycles. The number of anilines is 1. The summed E-state index contributed by atoms with van der Waals surface area (Å²) in [6, 6.07) is 18.5. The molecule has 0 fully saturated rings. The smallest absolute Gasteiger partial charge is 0.238 e. The lowest BCUT2D eigenvalue weighted by Crippen LogP contribution is -2.48. The van der Waals surface area contributed by atoms with Gasteiger partial charge < -0.3 is 9.47 Å². The highest BCUT2D eigenvalue weighted by atomic mass is 32.2. The van der Waals surface area contributed by atoms with Crippen LogP contribution in [0.3, 0.4) is 0 Å². The van der Waals surface area contributed by atoms with Gasteiger partial charge >= 0.3 is 0 Å². The van der Waals surface area contributed by atoms with Crippen molar-refractivity contribution in [1.29, 1.82) is 0 Å². The second-order valence-corrected chi connectivity index (χ2v) is 9.83. The second kappa shape index (κ2) is 9.38. The van der Waals surface area contributed by atoms with Crippen molar-refractivity contribution < 1.29 is 4.79 Å². The fourth-order valence-corrected chi connectivity index (χ4v) is 6.27. The van der Waals surface area contributed by atoms with Crippen LogP contribution in [-0.2, 0) is 17.8 Å². The molecule has 0 radical (unpaired) electrons. The van der Waals surface area contributed by atoms with E-state index in [1.54, 1.807) is 0 Å². The van der Waals surface area contributed by atoms with Crippen LogP contribution in [-0.4, -0.2) is 37.7 Å². The van der Waals surface area contributed by atoms with Crippen LogP contribution in [0, 0.1) is 0 Å². The van der Waals surface area contributed by atoms with Crippen molar-refractivity contribution in [2.75, 3.05) is 10.7 Å². The van der Waals surface area contributed by atoms with E-state index in [1.807, 2.05) is 59.1 Å². The Morgan fingerprint density at radius 1 is 1.03 bits per heavy atom. The number of aromatic nitrogens is 3. The molecule has 32 heavy (non-hydrogen) atoms. The van der Waals surface area contributed by atoms with Crippen LogP contribution in [0.5, 0.6) is 0 Å². The molecule has 162 valence electrons. The van der Waals surface area contributed by atoms with Crippen LogP contribution in [0.4, 0.5) is 5.69 Å². The zero-order chi connectivity index (χ0) is 21.9. The Hall–Kier alpha value is -2.77. The summed E-state index contributed by atoms with van der Waals surface area (Å²) in [4.78, 5) is 16.6. The van der Waals surface area contributed by atoms with Crippen LogP contribution in [0.15, 0.2) is 89.0 Å². The molecule has 1 aliphatic heterocycles. The van der Waals surface area contributed by atoms with Crippen molar-refractivity contribution in [1.82, 2.24) is 14.8 Å². The van der Waals surface area contributed by atoms with Gasteiger partial charge in [-0.3, -0.25) is 4.79 Å². The van der Waals surface area contributed by atoms with Gasteiger partial charge in [-0.05, 0) is 24.6 Å². The molecule has 0 N–H and O–H groups in total. The predicted molar refractivity (Wildman–Crippen MR) is 131 cm³/mol. The van der Waals surface area contributed by atoms with Crippen molar-refractivity contribution in [3.8, 4) is 0 Å². The number of hydrogen-bond donors (Lipinski definition) is 0. The fraction of sp³-hybridized carbons (Fsp3) is 0.240. The molecule has 0 bridgehead atoms. The molecule has 5 nitrogen and oxygen atoms in total. The Kier molecular flexibility index (Phi) is 6.19. The van der Waals surface area contributed by atoms with Gasteiger partial charge in [-0.15, -0.1) is 22.0 Å². The van der Waals surface area contributed by atoms with Gasteiger partial charge in [0.2, 0.25) is 5.91 Å². The molecule has 2 aromatic carbocycles. The normalized spacial score (nSPS) is 19.0. The largest absolute Gasteiger partial charge is 0.306 e. The summed E-state index contributed by atoms with van der Waals surface area (Å²) in [7, 11) is 0. The molecule has 0 saturated heterocycles. The fourth-order valence-electron chi connectivity index (χ4n) is 4.13. The van der Waals surface area contributed by atoms with Crippen LogP contribution < -0.4 is 4.90 Å². The number of fused-ring (bicyclic) bond motifs is 2. The summed E-state index contributed by atoms with van der Waals surface area (Å²) in [5.74, 6) is 1.34. The zero-order valence-electron chi connectivity index (χ0n) is 17.8. The van der Waals surface area contributed by atoms with Gasteiger partial charge in [0.25, 0.3) is 0 Å². The first kappa shape index (κ1) is 21.1. The van der Waals surface area contributed by atoms with E-state index >= 15 is 0 Å². The number of allylic oxidation sites excluding steroid dienone is 2. The van der Waals surface area contributed by atoms with E-state index in [0.29, 0.717) is 5.75 Å². The Morgan fingerprint density at radius 3 is 2.66 bits per heavy atom. The minimum absolute atomic E-state index is 0.0330. The maximum absolute atomic E-state index is 13.5. The van der Waals surface area contributed by atoms with Gasteiger partial charge in [0.1, 0.15) is 5.82 Å². The summed E-state index contributed by atoms with van der Waals surface area (Å²) in [5.41, 5.74) is 2.19. The molecule has 2 atom stereocenters. The molecule has 5 rings (SSSR count). The number of carbonyl (C=O) groups excluding carboxylic acids is 1. The van der Waals surface area contributed by atoms with E-state index in [1.165, 1.54) is 17.3 Å². The van der Waals surface area contributed by atoms with Crippen LogP contribution in [0.2, 0.25) is 0 Å². The van der Waals surface area contributed by atoms with Crippen molar-refractivity contribution in [2.24, 2.45) is 0 Å². The van der Waals surface area contributed by atoms with E-state index < -0.39 is 0 Å². The van der Waals surface area contributed by atoms with E-state index in [0.717, 1.165) is 34.5 Å². The van der Waals surface area contributed by atoms with Gasteiger partial charge in [-0.1, -0.05) is 78.5 Å². The molecule has 0 unspecified atom stereocenters. The van der Waals surface area contributed by atoms with Crippen LogP contribution >= 0.6 is 23.5 Å². The molecule has 2 aliphatic rings. The number of amides is 1. The molecule has 3 aromatic rings. The number of para-hydroxylation sites is 1. The minimum atomic E-state index is 0.0330. The van der Waals surface area contributed by atoms with Gasteiger partial charge in [0.15, 0.2) is 5.16 Å². The number of carbonyl (C=O) groups is 1. The van der Waals surface area contributed by atoms with Crippen molar-refractivity contribution in [2.45, 2.75) is 41.2 Å². The molecule has 1 aromatic heterocycles. The summed E-state index contributed by atoms with van der Waals surface area (Å²) in [6.07, 6.45) is 9.14. The lowest BCUT2D eigenvalue weighted by Gasteiger charge is -2.40. The first-order chi connectivity index (χ1) is 15.7. The quantitative estimate of drug-likeness (QED) is 0.486. The highest BCUT2D eigenvalue weighted by molar-refractivity contribution is 8.00. The van der Waals surface area contributed by atoms with Crippen LogP contribution in [0.25, 0.3) is 0 Å². The Balaban J connectivity index is 1.34. The summed E-state index contributed by atoms with van der Waals surface area (Å²) >= 11 is 3.29. The summed E-state index contributed by atoms with van der Waals surface area (Å²) < 4.78 is 2.11. The Labute approximate surface area is 196 Å². The number of thioether (sulfide) groups is 2. The van der Waals surface area contributed by atoms with Gasteiger partial charge in [0, 0.05) is 17.9 Å². The van der Waals surface area contributed by atoms with E-state index in [9.17, 15) is 4.79 Å². The highest BCUT2D eigenvalue weighted by Crippen LogP contribution is 2.43. The lowest BCUT2D eigenvalue weighted by molar-refractivity contribution is -0.116. The molecular formula is C25H24N4OS2. The SMILES string of the molecule is CCn1c(Cc2ccccc2)nnc1SCC(=O)N1c2ccccc2S[C@@H]2C=CC=C[C@@H]21. The van der Waals surface area contributed by atoms with Crippen LogP contribution in [0.1, 0.15) is 18.3 Å². The van der Waals surface area contributed by atoms with E-state index in [4.69, 9.17) is 0 Å². The molecule has 0 saturated carbocycles. The Bertz CT molecular complexity index is 1170. The third-order valence-corrected chi connectivity index (χ3v) is 7.91. The van der Waals surface area contributed by atoms with Crippen molar-refractivity contribution in [3.05, 3.63) is 90.3 Å². The van der Waals surface area contributed by atoms with Crippen molar-refractivity contribution >= 4 is 35.1 Å². The van der Waals surface area contributed by atoms with Gasteiger partial charge in [0.05, 0.1) is 22.7 Å². The number of rotatable bonds is 6. The predicted octanol–water partition coefficient (Wildman–Crippen LogP) is 4.98. The van der Waals surface area contributed by atoms with Gasteiger partial charge in [-0.25, -0.2) is 0 Å². The molecule has 7 heteroatoms. The number of nitrogens with zero attached hydrogens (tertiary/aromatic N) is 4. The van der Waals surface area contributed by atoms with Gasteiger partial charge in [-0.2, -0.15) is 0 Å². The third-order valence-electron chi connectivity index (χ3n) is 5.65. The summed E-state index contributed by atoms with van der Waals surface area (Å²) in [6.45, 7) is 2.86. The molecule has 0 spiro atoms. The van der Waals surface area contributed by atoms with Crippen molar-refractivity contribution in [3.63, 3.8) is 0 Å². The number of hydrogen-bond acceptors (Lipinski definition) is 5. The number of benzene rings is 2. The maximum Gasteiger partial charge on any atom is 0.238 e. The topological polar surface area (TPSA) is 51.0 Å². The molecular weight excluding hydrogens is 436 g/mol. The summed E-state index contributed by atoms with van der Waals surface area (Å²) in [5, 5.41) is 9.85. The lowest BCUT2D eigenvalue weighted by atomic mass is 10.0. The third kappa shape index (κ3) is 4.14. The molecule has 2 heterocycles. The second-order valence-electron chi connectivity index (χ2n) is 7.67. The van der Waals surface area contributed by atoms with E-state index in [2.05, 4.69) is 58.1 Å². The minimum Gasteiger partial charge on any atom is -0.306 e. The molecule has 1 amide bonds.